The minimum absolute atomic E-state index is 0.263. The number of hydrogen-bond acceptors (Lipinski definition) is 2. The van der Waals surface area contributed by atoms with Crippen molar-refractivity contribution in [1.29, 1.82) is 0 Å². The van der Waals surface area contributed by atoms with Crippen LogP contribution >= 0.6 is 0 Å². The van der Waals surface area contributed by atoms with Crippen LogP contribution in [0.15, 0.2) is 0 Å². The molecule has 0 aliphatic carbocycles. The van der Waals surface area contributed by atoms with Gasteiger partial charge < -0.3 is 10.2 Å². The summed E-state index contributed by atoms with van der Waals surface area (Å²) in [5.41, 5.74) is 0.263. The third kappa shape index (κ3) is 6.16. The van der Waals surface area contributed by atoms with Crippen molar-refractivity contribution < 1.29 is 0 Å². The lowest BCUT2D eigenvalue weighted by Gasteiger charge is -2.25. The normalized spacial score (nSPS) is 25.2. The molecule has 2 nitrogen and oxygen atoms in total. The van der Waals surface area contributed by atoms with Crippen LogP contribution in [0.1, 0.15) is 47.0 Å². The molecule has 0 aromatic rings. The summed E-state index contributed by atoms with van der Waals surface area (Å²) in [7, 11) is 0. The standard InChI is InChI=1S/C13H28N2/c1-12-6-5-9-15(10-7-12)11-8-14-13(2,3)4/h12,14H,5-11H2,1-4H3. The SMILES string of the molecule is CC1CCCN(CCNC(C)(C)C)CC1. The van der Waals surface area contributed by atoms with Crippen molar-refractivity contribution in [3.63, 3.8) is 0 Å². The predicted molar refractivity (Wildman–Crippen MR) is 67.2 cm³/mol. The molecule has 90 valence electrons. The zero-order chi connectivity index (χ0) is 11.3. The van der Waals surface area contributed by atoms with E-state index in [-0.39, 0.29) is 5.54 Å². The molecular formula is C13H28N2. The fourth-order valence-corrected chi connectivity index (χ4v) is 2.14. The Morgan fingerprint density at radius 1 is 1.20 bits per heavy atom. The van der Waals surface area contributed by atoms with Gasteiger partial charge in [-0.2, -0.15) is 0 Å². The van der Waals surface area contributed by atoms with E-state index < -0.39 is 0 Å². The van der Waals surface area contributed by atoms with E-state index in [0.29, 0.717) is 0 Å². The summed E-state index contributed by atoms with van der Waals surface area (Å²) in [5.74, 6) is 0.936. The Hall–Kier alpha value is -0.0800. The summed E-state index contributed by atoms with van der Waals surface area (Å²) in [5, 5.41) is 3.56. The molecule has 1 unspecified atom stereocenters. The third-order valence-corrected chi connectivity index (χ3v) is 3.19. The molecule has 1 fully saturated rings. The molecule has 1 N–H and O–H groups in total. The highest BCUT2D eigenvalue weighted by Gasteiger charge is 2.14. The lowest BCUT2D eigenvalue weighted by Crippen LogP contribution is -2.41. The molecule has 0 radical (unpaired) electrons. The first kappa shape index (κ1) is 13.0. The van der Waals surface area contributed by atoms with E-state index in [0.717, 1.165) is 12.5 Å². The minimum atomic E-state index is 0.263. The maximum atomic E-state index is 3.56. The highest BCUT2D eigenvalue weighted by atomic mass is 15.1. The van der Waals surface area contributed by atoms with Crippen LogP contribution in [0.2, 0.25) is 0 Å². The van der Waals surface area contributed by atoms with Crippen molar-refractivity contribution in [3.8, 4) is 0 Å². The Morgan fingerprint density at radius 2 is 1.93 bits per heavy atom. The van der Waals surface area contributed by atoms with Crippen LogP contribution in [0.3, 0.4) is 0 Å². The summed E-state index contributed by atoms with van der Waals surface area (Å²) in [6, 6.07) is 0. The highest BCUT2D eigenvalue weighted by Crippen LogP contribution is 2.15. The molecule has 0 bridgehead atoms. The monoisotopic (exact) mass is 212 g/mol. The van der Waals surface area contributed by atoms with Crippen LogP contribution in [0, 0.1) is 5.92 Å². The van der Waals surface area contributed by atoms with E-state index in [9.17, 15) is 0 Å². The number of hydrogen-bond donors (Lipinski definition) is 1. The van der Waals surface area contributed by atoms with Gasteiger partial charge in [0.1, 0.15) is 0 Å². The summed E-state index contributed by atoms with van der Waals surface area (Å²) >= 11 is 0. The van der Waals surface area contributed by atoms with Crippen LogP contribution in [0.25, 0.3) is 0 Å². The van der Waals surface area contributed by atoms with E-state index >= 15 is 0 Å². The van der Waals surface area contributed by atoms with Crippen molar-refractivity contribution >= 4 is 0 Å². The predicted octanol–water partition coefficient (Wildman–Crippen LogP) is 2.50. The molecule has 2 heteroatoms. The molecule has 0 saturated carbocycles. The van der Waals surface area contributed by atoms with E-state index in [1.807, 2.05) is 0 Å². The topological polar surface area (TPSA) is 15.3 Å². The molecule has 1 aliphatic heterocycles. The molecule has 15 heavy (non-hydrogen) atoms. The average molecular weight is 212 g/mol. The molecule has 1 aliphatic rings. The summed E-state index contributed by atoms with van der Waals surface area (Å²) < 4.78 is 0. The Kier molecular flexibility index (Phi) is 5.07. The van der Waals surface area contributed by atoms with Gasteiger partial charge in [0, 0.05) is 18.6 Å². The zero-order valence-corrected chi connectivity index (χ0v) is 11.0. The van der Waals surface area contributed by atoms with Gasteiger partial charge in [-0.3, -0.25) is 0 Å². The van der Waals surface area contributed by atoms with Crippen LogP contribution < -0.4 is 5.32 Å². The fraction of sp³-hybridized carbons (Fsp3) is 1.00. The first-order valence-corrected chi connectivity index (χ1v) is 6.45. The lowest BCUT2D eigenvalue weighted by molar-refractivity contribution is 0.268. The van der Waals surface area contributed by atoms with Crippen LogP contribution in [0.4, 0.5) is 0 Å². The number of nitrogens with one attached hydrogen (secondary N) is 1. The van der Waals surface area contributed by atoms with Gasteiger partial charge in [0.25, 0.3) is 0 Å². The minimum Gasteiger partial charge on any atom is -0.311 e. The van der Waals surface area contributed by atoms with Crippen molar-refractivity contribution in [2.45, 2.75) is 52.5 Å². The van der Waals surface area contributed by atoms with Gasteiger partial charge in [-0.1, -0.05) is 6.92 Å². The fourth-order valence-electron chi connectivity index (χ4n) is 2.14. The maximum absolute atomic E-state index is 3.56. The number of rotatable bonds is 3. The second kappa shape index (κ2) is 5.86. The molecule has 0 aromatic heterocycles. The van der Waals surface area contributed by atoms with E-state index in [1.165, 1.54) is 38.9 Å². The van der Waals surface area contributed by atoms with Crippen LogP contribution in [-0.4, -0.2) is 36.6 Å². The largest absolute Gasteiger partial charge is 0.311 e. The van der Waals surface area contributed by atoms with Gasteiger partial charge in [-0.15, -0.1) is 0 Å². The Labute approximate surface area is 95.4 Å². The van der Waals surface area contributed by atoms with Crippen LogP contribution in [-0.2, 0) is 0 Å². The van der Waals surface area contributed by atoms with Crippen molar-refractivity contribution in [1.82, 2.24) is 10.2 Å². The summed E-state index contributed by atoms with van der Waals surface area (Å²) in [6.07, 6.45) is 4.19. The smallest absolute Gasteiger partial charge is 0.0107 e. The average Bonchev–Trinajstić information content (AvgIpc) is 2.29. The number of likely N-dealkylation sites (tertiary alicyclic amines) is 1. The summed E-state index contributed by atoms with van der Waals surface area (Å²) in [6.45, 7) is 14.0. The van der Waals surface area contributed by atoms with Gasteiger partial charge in [0.15, 0.2) is 0 Å². The number of nitrogens with zero attached hydrogens (tertiary/aromatic N) is 1. The van der Waals surface area contributed by atoms with E-state index in [4.69, 9.17) is 0 Å². The molecule has 0 amide bonds. The second-order valence-corrected chi connectivity index (χ2v) is 6.05. The van der Waals surface area contributed by atoms with Gasteiger partial charge >= 0.3 is 0 Å². The van der Waals surface area contributed by atoms with E-state index in [2.05, 4.69) is 37.9 Å². The molecule has 1 atom stereocenters. The molecule has 1 heterocycles. The molecule has 1 saturated heterocycles. The Morgan fingerprint density at radius 3 is 2.60 bits per heavy atom. The van der Waals surface area contributed by atoms with E-state index in [1.54, 1.807) is 0 Å². The maximum Gasteiger partial charge on any atom is 0.0107 e. The lowest BCUT2D eigenvalue weighted by atomic mass is 10.0. The first-order chi connectivity index (χ1) is 6.97. The van der Waals surface area contributed by atoms with Gasteiger partial charge in [0.2, 0.25) is 0 Å². The third-order valence-electron chi connectivity index (χ3n) is 3.19. The quantitative estimate of drug-likeness (QED) is 0.773. The first-order valence-electron chi connectivity index (χ1n) is 6.45. The van der Waals surface area contributed by atoms with Gasteiger partial charge in [-0.25, -0.2) is 0 Å². The Balaban J connectivity index is 2.15. The van der Waals surface area contributed by atoms with Gasteiger partial charge in [0.05, 0.1) is 0 Å². The Bertz CT molecular complexity index is 172. The molecule has 1 rings (SSSR count). The zero-order valence-electron chi connectivity index (χ0n) is 11.0. The molecule has 0 spiro atoms. The van der Waals surface area contributed by atoms with Crippen LogP contribution in [0.5, 0.6) is 0 Å². The second-order valence-electron chi connectivity index (χ2n) is 6.05. The van der Waals surface area contributed by atoms with Gasteiger partial charge in [-0.05, 0) is 59.0 Å². The van der Waals surface area contributed by atoms with Crippen molar-refractivity contribution in [3.05, 3.63) is 0 Å². The van der Waals surface area contributed by atoms with Crippen molar-refractivity contribution in [2.75, 3.05) is 26.2 Å². The molecular weight excluding hydrogens is 184 g/mol. The molecule has 0 aromatic carbocycles. The summed E-state index contributed by atoms with van der Waals surface area (Å²) in [4.78, 5) is 2.61. The highest BCUT2D eigenvalue weighted by molar-refractivity contribution is 4.73. The van der Waals surface area contributed by atoms with Crippen molar-refractivity contribution in [2.24, 2.45) is 5.92 Å².